The van der Waals surface area contributed by atoms with Crippen molar-refractivity contribution in [3.05, 3.63) is 93.5 Å². The van der Waals surface area contributed by atoms with Gasteiger partial charge in [0.05, 0.1) is 27.9 Å². The third-order valence-electron chi connectivity index (χ3n) is 4.67. The lowest BCUT2D eigenvalue weighted by Gasteiger charge is -2.10. The average molecular weight is 559 g/mol. The van der Waals surface area contributed by atoms with E-state index in [4.69, 9.17) is 10.00 Å². The van der Waals surface area contributed by atoms with Crippen LogP contribution in [0.1, 0.15) is 28.7 Å². The number of anilines is 1. The number of ether oxygens (including phenoxy) is 1. The van der Waals surface area contributed by atoms with Gasteiger partial charge in [0.2, 0.25) is 11.8 Å². The second-order valence-corrected chi connectivity index (χ2v) is 8.20. The molecule has 0 saturated carbocycles. The number of benzene rings is 3. The lowest BCUT2D eigenvalue weighted by molar-refractivity contribution is -0.137. The van der Waals surface area contributed by atoms with E-state index in [9.17, 15) is 22.8 Å². The highest BCUT2D eigenvalue weighted by atomic mass is 79.9. The Labute approximate surface area is 212 Å². The van der Waals surface area contributed by atoms with Crippen LogP contribution in [0.2, 0.25) is 0 Å². The summed E-state index contributed by atoms with van der Waals surface area (Å²) >= 11 is 3.40. The van der Waals surface area contributed by atoms with Gasteiger partial charge in [-0.2, -0.15) is 23.5 Å². The van der Waals surface area contributed by atoms with Gasteiger partial charge >= 0.3 is 6.18 Å². The molecule has 3 rings (SSSR count). The van der Waals surface area contributed by atoms with Gasteiger partial charge in [-0.25, -0.2) is 5.43 Å². The van der Waals surface area contributed by atoms with E-state index in [2.05, 4.69) is 37.8 Å². The Morgan fingerprint density at radius 2 is 1.83 bits per heavy atom. The van der Waals surface area contributed by atoms with Gasteiger partial charge in [-0.1, -0.05) is 24.3 Å². The van der Waals surface area contributed by atoms with Gasteiger partial charge in [0.15, 0.2) is 0 Å². The first kappa shape index (κ1) is 26.4. The molecule has 7 nitrogen and oxygen atoms in total. The van der Waals surface area contributed by atoms with E-state index in [-0.39, 0.29) is 12.3 Å². The van der Waals surface area contributed by atoms with Crippen molar-refractivity contribution in [1.82, 2.24) is 5.43 Å². The van der Waals surface area contributed by atoms with E-state index in [0.717, 1.165) is 23.8 Å². The van der Waals surface area contributed by atoms with E-state index < -0.39 is 30.0 Å². The van der Waals surface area contributed by atoms with Crippen LogP contribution < -0.4 is 15.5 Å². The van der Waals surface area contributed by atoms with Crippen molar-refractivity contribution < 1.29 is 27.5 Å². The minimum atomic E-state index is -4.55. The Bertz CT molecular complexity index is 1340. The number of carbonyl (C=O) groups is 2. The predicted octanol–water partition coefficient (Wildman–Crippen LogP) is 5.40. The topological polar surface area (TPSA) is 104 Å². The van der Waals surface area contributed by atoms with Crippen molar-refractivity contribution in [3.63, 3.8) is 0 Å². The van der Waals surface area contributed by atoms with Crippen LogP contribution in [0, 0.1) is 11.3 Å². The summed E-state index contributed by atoms with van der Waals surface area (Å²) in [6, 6.07) is 18.4. The van der Waals surface area contributed by atoms with Gasteiger partial charge in [0, 0.05) is 11.3 Å². The van der Waals surface area contributed by atoms with Crippen LogP contribution in [0.5, 0.6) is 5.75 Å². The molecule has 3 aromatic rings. The number of amides is 2. The van der Waals surface area contributed by atoms with Crippen LogP contribution >= 0.6 is 15.9 Å². The minimum absolute atomic E-state index is 0.0746. The highest BCUT2D eigenvalue weighted by Crippen LogP contribution is 2.30. The summed E-state index contributed by atoms with van der Waals surface area (Å²) in [6.07, 6.45) is -3.83. The maximum absolute atomic E-state index is 12.8. The zero-order chi connectivity index (χ0) is 26.1. The molecule has 0 aromatic heterocycles. The second-order valence-electron chi connectivity index (χ2n) is 7.34. The zero-order valence-corrected chi connectivity index (χ0v) is 20.1. The summed E-state index contributed by atoms with van der Waals surface area (Å²) in [6.45, 7) is 0.203. The third-order valence-corrected chi connectivity index (χ3v) is 5.29. The molecule has 0 spiro atoms. The van der Waals surface area contributed by atoms with Crippen LogP contribution in [-0.2, 0) is 22.4 Å². The number of carbonyl (C=O) groups excluding carboxylic acids is 2. The Morgan fingerprint density at radius 1 is 1.06 bits per heavy atom. The molecule has 36 heavy (non-hydrogen) atoms. The first-order valence-electron chi connectivity index (χ1n) is 10.3. The van der Waals surface area contributed by atoms with Crippen LogP contribution in [0.3, 0.4) is 0 Å². The SMILES string of the molecule is N#Cc1ccccc1COc1ccc(C=NNC(=O)CC(=O)Nc2cccc(C(F)(F)F)c2)cc1Br. The Kier molecular flexibility index (Phi) is 8.81. The summed E-state index contributed by atoms with van der Waals surface area (Å²) in [5.74, 6) is -0.995. The van der Waals surface area contributed by atoms with E-state index in [1.54, 1.807) is 36.4 Å². The second kappa shape index (κ2) is 12.0. The van der Waals surface area contributed by atoms with E-state index in [1.807, 2.05) is 6.07 Å². The number of hydrogen-bond acceptors (Lipinski definition) is 5. The van der Waals surface area contributed by atoms with Crippen molar-refractivity contribution in [2.45, 2.75) is 19.2 Å². The van der Waals surface area contributed by atoms with Crippen LogP contribution in [0.15, 0.2) is 76.3 Å². The highest BCUT2D eigenvalue weighted by Gasteiger charge is 2.30. The fourth-order valence-corrected chi connectivity index (χ4v) is 3.48. The number of hydrogen-bond donors (Lipinski definition) is 2. The van der Waals surface area contributed by atoms with Crippen molar-refractivity contribution in [2.24, 2.45) is 5.10 Å². The lowest BCUT2D eigenvalue weighted by Crippen LogP contribution is -2.24. The number of nitrogens with zero attached hydrogens (tertiary/aromatic N) is 2. The summed E-state index contributed by atoms with van der Waals surface area (Å²) < 4.78 is 44.7. The molecule has 0 aliphatic carbocycles. The van der Waals surface area contributed by atoms with E-state index in [1.165, 1.54) is 12.3 Å². The maximum atomic E-state index is 12.8. The van der Waals surface area contributed by atoms with Gasteiger partial charge in [-0.05, 0) is 64.0 Å². The fourth-order valence-electron chi connectivity index (χ4n) is 2.97. The molecule has 0 bridgehead atoms. The van der Waals surface area contributed by atoms with Crippen LogP contribution in [0.25, 0.3) is 0 Å². The minimum Gasteiger partial charge on any atom is -0.488 e. The summed E-state index contributed by atoms with van der Waals surface area (Å²) in [5.41, 5.74) is 3.09. The quantitative estimate of drug-likeness (QED) is 0.219. The first-order chi connectivity index (χ1) is 17.2. The van der Waals surface area contributed by atoms with Gasteiger partial charge in [-0.15, -0.1) is 0 Å². The number of rotatable bonds is 8. The van der Waals surface area contributed by atoms with Crippen molar-refractivity contribution in [3.8, 4) is 11.8 Å². The molecule has 0 radical (unpaired) electrons. The molecule has 2 amide bonds. The van der Waals surface area contributed by atoms with E-state index >= 15 is 0 Å². The molecule has 0 aliphatic rings. The highest BCUT2D eigenvalue weighted by molar-refractivity contribution is 9.10. The normalized spacial score (nSPS) is 11.1. The molecule has 0 saturated heterocycles. The Morgan fingerprint density at radius 3 is 2.56 bits per heavy atom. The number of nitrogens with one attached hydrogen (secondary N) is 2. The molecule has 0 atom stereocenters. The summed E-state index contributed by atoms with van der Waals surface area (Å²) in [7, 11) is 0. The zero-order valence-electron chi connectivity index (χ0n) is 18.5. The van der Waals surface area contributed by atoms with Gasteiger partial charge in [0.25, 0.3) is 0 Å². The monoisotopic (exact) mass is 558 g/mol. The molecule has 0 heterocycles. The maximum Gasteiger partial charge on any atom is 0.416 e. The van der Waals surface area contributed by atoms with Crippen molar-refractivity contribution in [2.75, 3.05) is 5.32 Å². The molecule has 184 valence electrons. The van der Waals surface area contributed by atoms with Gasteiger partial charge in [-0.3, -0.25) is 9.59 Å². The number of nitriles is 1. The van der Waals surface area contributed by atoms with Gasteiger partial charge in [0.1, 0.15) is 18.8 Å². The third kappa shape index (κ3) is 7.68. The van der Waals surface area contributed by atoms with Crippen LogP contribution in [0.4, 0.5) is 18.9 Å². The fraction of sp³-hybridized carbons (Fsp3) is 0.120. The van der Waals surface area contributed by atoms with Crippen LogP contribution in [-0.4, -0.2) is 18.0 Å². The first-order valence-corrected chi connectivity index (χ1v) is 11.1. The average Bonchev–Trinajstić information content (AvgIpc) is 2.83. The number of hydrazone groups is 1. The molecule has 3 aromatic carbocycles. The standard InChI is InChI=1S/C25H18BrF3N4O3/c26-21-10-16(8-9-22(21)36-15-18-5-2-1-4-17(18)13-30)14-31-33-24(35)12-23(34)32-20-7-3-6-19(11-20)25(27,28)29/h1-11,14H,12,15H2,(H,32,34)(H,33,35). The number of halogens is 4. The van der Waals surface area contributed by atoms with E-state index in [0.29, 0.717) is 21.3 Å². The number of alkyl halides is 3. The predicted molar refractivity (Wildman–Crippen MR) is 130 cm³/mol. The molecule has 11 heteroatoms. The van der Waals surface area contributed by atoms with Crippen molar-refractivity contribution >= 4 is 39.6 Å². The molecule has 0 fully saturated rings. The lowest BCUT2D eigenvalue weighted by atomic mass is 10.1. The molecular formula is C25H18BrF3N4O3. The van der Waals surface area contributed by atoms with Crippen molar-refractivity contribution in [1.29, 1.82) is 5.26 Å². The Hall–Kier alpha value is -4.17. The molecule has 0 aliphatic heterocycles. The smallest absolute Gasteiger partial charge is 0.416 e. The summed E-state index contributed by atoms with van der Waals surface area (Å²) in [5, 5.41) is 15.2. The Balaban J connectivity index is 1.50. The molecule has 2 N–H and O–H groups in total. The summed E-state index contributed by atoms with van der Waals surface area (Å²) in [4.78, 5) is 23.9. The largest absolute Gasteiger partial charge is 0.488 e. The van der Waals surface area contributed by atoms with Gasteiger partial charge < -0.3 is 10.1 Å². The molecule has 0 unspecified atom stereocenters. The molecular weight excluding hydrogens is 541 g/mol.